The van der Waals surface area contributed by atoms with E-state index in [9.17, 15) is 18.6 Å². The van der Waals surface area contributed by atoms with Crippen LogP contribution in [0.25, 0.3) is 0 Å². The second kappa shape index (κ2) is 8.78. The van der Waals surface area contributed by atoms with Crippen molar-refractivity contribution in [3.05, 3.63) is 0 Å². The molecule has 4 fully saturated rings. The van der Waals surface area contributed by atoms with Crippen molar-refractivity contribution in [2.45, 2.75) is 97.7 Å². The SMILES string of the molecule is CC[C@H]1C(O)C2C3CCC([C@H](C)CCOS(=O)(=O)O)[C@@]3(C)CCC2[C@@]2(C)CC[C@@H](O)CC12. The first-order valence-corrected chi connectivity index (χ1v) is 14.3. The van der Waals surface area contributed by atoms with Crippen molar-refractivity contribution in [1.82, 2.24) is 0 Å². The highest BCUT2D eigenvalue weighted by Gasteiger charge is 2.64. The van der Waals surface area contributed by atoms with Gasteiger partial charge in [0.15, 0.2) is 0 Å². The number of hydrogen-bond acceptors (Lipinski definition) is 5. The van der Waals surface area contributed by atoms with E-state index >= 15 is 0 Å². The van der Waals surface area contributed by atoms with Crippen molar-refractivity contribution in [2.75, 3.05) is 6.61 Å². The van der Waals surface area contributed by atoms with E-state index in [-0.39, 0.29) is 35.6 Å². The molecule has 0 aromatic carbocycles. The number of rotatable bonds is 6. The molecule has 7 heteroatoms. The Morgan fingerprint density at radius 1 is 1.00 bits per heavy atom. The van der Waals surface area contributed by atoms with Gasteiger partial charge >= 0.3 is 10.4 Å². The van der Waals surface area contributed by atoms with Crippen molar-refractivity contribution < 1.29 is 27.4 Å². The lowest BCUT2D eigenvalue weighted by Crippen LogP contribution is -2.62. The highest BCUT2D eigenvalue weighted by Crippen LogP contribution is 2.69. The standard InChI is InChI=1S/C25H44O6S/c1-5-17-21-14-16(26)8-11-25(21,4)20-9-12-24(3)18(6-7-19(24)22(20)23(17)27)15(2)10-13-31-32(28,29)30/h15-23,26-27H,5-14H2,1-4H3,(H,28,29,30)/t15-,16-,17-,18?,19?,20?,21?,22?,23?,24-,25-/m1/s1. The fraction of sp³-hybridized carbons (Fsp3) is 1.00. The molecule has 6 unspecified atom stereocenters. The van der Waals surface area contributed by atoms with E-state index in [0.717, 1.165) is 51.4 Å². The topological polar surface area (TPSA) is 104 Å². The minimum Gasteiger partial charge on any atom is -0.393 e. The van der Waals surface area contributed by atoms with Gasteiger partial charge in [-0.05, 0) is 104 Å². The third kappa shape index (κ3) is 4.08. The summed E-state index contributed by atoms with van der Waals surface area (Å²) in [4.78, 5) is 0. The van der Waals surface area contributed by atoms with Crippen molar-refractivity contribution in [1.29, 1.82) is 0 Å². The van der Waals surface area contributed by atoms with Crippen LogP contribution in [0.3, 0.4) is 0 Å². The molecule has 0 heterocycles. The van der Waals surface area contributed by atoms with Gasteiger partial charge < -0.3 is 10.2 Å². The average Bonchev–Trinajstić information content (AvgIpc) is 3.06. The zero-order chi connectivity index (χ0) is 23.5. The summed E-state index contributed by atoms with van der Waals surface area (Å²) >= 11 is 0. The molecule has 0 bridgehead atoms. The van der Waals surface area contributed by atoms with Gasteiger partial charge in [-0.1, -0.05) is 34.1 Å². The Labute approximate surface area is 194 Å². The summed E-state index contributed by atoms with van der Waals surface area (Å²) in [6, 6.07) is 0. The van der Waals surface area contributed by atoms with Crippen LogP contribution in [0.2, 0.25) is 0 Å². The van der Waals surface area contributed by atoms with Crippen LogP contribution in [0.5, 0.6) is 0 Å². The summed E-state index contributed by atoms with van der Waals surface area (Å²) in [7, 11) is -4.39. The van der Waals surface area contributed by atoms with Crippen LogP contribution in [-0.4, -0.2) is 42.0 Å². The minimum atomic E-state index is -4.39. The van der Waals surface area contributed by atoms with Gasteiger partial charge in [0.1, 0.15) is 0 Å². The molecule has 4 aliphatic rings. The normalized spacial score (nSPS) is 49.7. The number of fused-ring (bicyclic) bond motifs is 5. The van der Waals surface area contributed by atoms with E-state index in [1.165, 1.54) is 0 Å². The van der Waals surface area contributed by atoms with Gasteiger partial charge in [-0.3, -0.25) is 4.55 Å². The molecule has 0 amide bonds. The maximum Gasteiger partial charge on any atom is 0.397 e. The van der Waals surface area contributed by atoms with Crippen LogP contribution in [0, 0.1) is 52.3 Å². The smallest absolute Gasteiger partial charge is 0.393 e. The molecule has 4 saturated carbocycles. The monoisotopic (exact) mass is 472 g/mol. The van der Waals surface area contributed by atoms with Gasteiger partial charge in [-0.15, -0.1) is 0 Å². The maximum atomic E-state index is 11.7. The molecule has 0 aliphatic heterocycles. The molecule has 3 N–H and O–H groups in total. The molecule has 6 nitrogen and oxygen atoms in total. The predicted molar refractivity (Wildman–Crippen MR) is 123 cm³/mol. The van der Waals surface area contributed by atoms with Crippen molar-refractivity contribution >= 4 is 10.4 Å². The molecule has 0 radical (unpaired) electrons. The first-order chi connectivity index (χ1) is 14.9. The van der Waals surface area contributed by atoms with E-state index in [1.54, 1.807) is 0 Å². The van der Waals surface area contributed by atoms with Crippen LogP contribution in [0.15, 0.2) is 0 Å². The first kappa shape index (κ1) is 24.9. The van der Waals surface area contributed by atoms with Crippen LogP contribution in [0.1, 0.15) is 85.5 Å². The summed E-state index contributed by atoms with van der Waals surface area (Å²) in [5.41, 5.74) is 0.355. The third-order valence-corrected chi connectivity index (χ3v) is 11.4. The van der Waals surface area contributed by atoms with E-state index in [1.807, 2.05) is 0 Å². The quantitative estimate of drug-likeness (QED) is 0.493. The highest BCUT2D eigenvalue weighted by atomic mass is 32.3. The zero-order valence-corrected chi connectivity index (χ0v) is 21.1. The predicted octanol–water partition coefficient (Wildman–Crippen LogP) is 4.46. The van der Waals surface area contributed by atoms with Gasteiger partial charge in [-0.2, -0.15) is 8.42 Å². The van der Waals surface area contributed by atoms with Crippen molar-refractivity contribution in [3.63, 3.8) is 0 Å². The number of aliphatic hydroxyl groups excluding tert-OH is 2. The highest BCUT2D eigenvalue weighted by molar-refractivity contribution is 7.80. The molecule has 0 saturated heterocycles. The number of hydrogen-bond donors (Lipinski definition) is 3. The van der Waals surface area contributed by atoms with Gasteiger partial charge in [0.2, 0.25) is 0 Å². The molecule has 0 spiro atoms. The fourth-order valence-corrected chi connectivity index (χ4v) is 9.78. The summed E-state index contributed by atoms with van der Waals surface area (Å²) in [6.45, 7) is 9.28. The van der Waals surface area contributed by atoms with Crippen molar-refractivity contribution in [2.24, 2.45) is 52.3 Å². The van der Waals surface area contributed by atoms with Crippen LogP contribution >= 0.6 is 0 Å². The fourth-order valence-electron chi connectivity index (χ4n) is 9.47. The largest absolute Gasteiger partial charge is 0.397 e. The van der Waals surface area contributed by atoms with Gasteiger partial charge in [0.05, 0.1) is 18.8 Å². The zero-order valence-electron chi connectivity index (χ0n) is 20.2. The molecule has 4 rings (SSSR count). The van der Waals surface area contributed by atoms with E-state index in [0.29, 0.717) is 41.9 Å². The molecule has 11 atom stereocenters. The Hall–Kier alpha value is -0.210. The Balaban J connectivity index is 1.56. The molecule has 186 valence electrons. The summed E-state index contributed by atoms with van der Waals surface area (Å²) in [5.74, 6) is 2.78. The summed E-state index contributed by atoms with van der Waals surface area (Å²) in [5, 5.41) is 22.1. The molecule has 32 heavy (non-hydrogen) atoms. The lowest BCUT2D eigenvalue weighted by atomic mass is 9.41. The van der Waals surface area contributed by atoms with Crippen LogP contribution in [0.4, 0.5) is 0 Å². The van der Waals surface area contributed by atoms with Gasteiger partial charge in [0, 0.05) is 0 Å². The van der Waals surface area contributed by atoms with Gasteiger partial charge in [-0.25, -0.2) is 4.18 Å². The Morgan fingerprint density at radius 3 is 2.31 bits per heavy atom. The molecule has 0 aromatic heterocycles. The van der Waals surface area contributed by atoms with Crippen LogP contribution < -0.4 is 0 Å². The molecule has 0 aromatic rings. The maximum absolute atomic E-state index is 11.7. The van der Waals surface area contributed by atoms with E-state index < -0.39 is 10.4 Å². The lowest BCUT2D eigenvalue weighted by molar-refractivity contribution is -0.203. The number of aliphatic hydroxyl groups is 2. The Morgan fingerprint density at radius 2 is 1.66 bits per heavy atom. The summed E-state index contributed by atoms with van der Waals surface area (Å²) < 4.78 is 35.4. The second-order valence-electron chi connectivity index (χ2n) is 12.1. The molecular formula is C25H44O6S. The lowest BCUT2D eigenvalue weighted by Gasteiger charge is -2.64. The van der Waals surface area contributed by atoms with Crippen LogP contribution in [-0.2, 0) is 14.6 Å². The average molecular weight is 473 g/mol. The first-order valence-electron chi connectivity index (χ1n) is 12.9. The van der Waals surface area contributed by atoms with E-state index in [4.69, 9.17) is 4.55 Å². The molecular weight excluding hydrogens is 428 g/mol. The van der Waals surface area contributed by atoms with Gasteiger partial charge in [0.25, 0.3) is 0 Å². The Bertz CT molecular complexity index is 785. The second-order valence-corrected chi connectivity index (χ2v) is 13.2. The van der Waals surface area contributed by atoms with E-state index in [2.05, 4.69) is 31.9 Å². The van der Waals surface area contributed by atoms with Crippen molar-refractivity contribution in [3.8, 4) is 0 Å². The Kier molecular flexibility index (Phi) is 6.83. The minimum absolute atomic E-state index is 0.0198. The third-order valence-electron chi connectivity index (χ3n) is 11.0. The summed E-state index contributed by atoms with van der Waals surface area (Å²) in [6.07, 6.45) is 8.38. The molecule has 4 aliphatic carbocycles.